The van der Waals surface area contributed by atoms with Crippen molar-refractivity contribution in [1.82, 2.24) is 0 Å². The maximum Gasteiger partial charge on any atom is 0.265 e. The van der Waals surface area contributed by atoms with E-state index in [1.165, 1.54) is 0 Å². The molecule has 0 fully saturated rings. The van der Waals surface area contributed by atoms with Crippen molar-refractivity contribution in [2.24, 2.45) is 0 Å². The van der Waals surface area contributed by atoms with Gasteiger partial charge in [0, 0.05) is 15.3 Å². The number of amides is 1. The first-order chi connectivity index (χ1) is 11.0. The zero-order valence-electron chi connectivity index (χ0n) is 13.4. The van der Waals surface area contributed by atoms with Crippen molar-refractivity contribution in [3.05, 3.63) is 51.6 Å². The van der Waals surface area contributed by atoms with Gasteiger partial charge in [-0.1, -0.05) is 13.0 Å². The molecule has 0 aliphatic heterocycles. The number of methoxy groups -OCH3 is 1. The molecule has 0 spiro atoms. The van der Waals surface area contributed by atoms with Crippen molar-refractivity contribution >= 4 is 34.2 Å². The number of hydrogen-bond donors (Lipinski definition) is 1. The molecule has 0 bridgehead atoms. The van der Waals surface area contributed by atoms with Crippen LogP contribution in [-0.2, 0) is 4.79 Å². The van der Waals surface area contributed by atoms with Crippen molar-refractivity contribution in [1.29, 1.82) is 0 Å². The third-order valence-corrected chi connectivity index (χ3v) is 4.10. The van der Waals surface area contributed by atoms with E-state index in [9.17, 15) is 4.79 Å². The van der Waals surface area contributed by atoms with E-state index in [0.717, 1.165) is 14.8 Å². The Morgan fingerprint density at radius 3 is 2.61 bits per heavy atom. The molecular weight excluding hydrogens is 405 g/mol. The molecule has 5 heteroatoms. The lowest BCUT2D eigenvalue weighted by molar-refractivity contribution is -0.122. The average molecular weight is 425 g/mol. The lowest BCUT2D eigenvalue weighted by Gasteiger charge is -2.18. The lowest BCUT2D eigenvalue weighted by Crippen LogP contribution is -2.32. The second-order valence-electron chi connectivity index (χ2n) is 5.14. The summed E-state index contributed by atoms with van der Waals surface area (Å²) in [6.45, 7) is 3.90. The van der Waals surface area contributed by atoms with E-state index in [1.54, 1.807) is 13.2 Å². The van der Waals surface area contributed by atoms with E-state index in [1.807, 2.05) is 50.2 Å². The summed E-state index contributed by atoms with van der Waals surface area (Å²) in [6.07, 6.45) is 0.0210. The number of nitrogens with one attached hydrogen (secondary N) is 1. The molecule has 0 radical (unpaired) electrons. The Morgan fingerprint density at radius 2 is 1.96 bits per heavy atom. The Bertz CT molecular complexity index is 688. The second-order valence-corrected chi connectivity index (χ2v) is 6.39. The quantitative estimate of drug-likeness (QED) is 0.698. The third-order valence-electron chi connectivity index (χ3n) is 3.43. The van der Waals surface area contributed by atoms with Crippen LogP contribution in [0.4, 0.5) is 5.69 Å². The molecule has 2 aromatic rings. The van der Waals surface area contributed by atoms with Gasteiger partial charge in [-0.3, -0.25) is 4.79 Å². The highest BCUT2D eigenvalue weighted by atomic mass is 127. The van der Waals surface area contributed by atoms with Crippen LogP contribution in [0, 0.1) is 10.5 Å². The summed E-state index contributed by atoms with van der Waals surface area (Å²) < 4.78 is 12.1. The summed E-state index contributed by atoms with van der Waals surface area (Å²) in [5, 5.41) is 2.94. The van der Waals surface area contributed by atoms with Crippen LogP contribution in [0.3, 0.4) is 0 Å². The first-order valence-electron chi connectivity index (χ1n) is 7.41. The molecule has 4 nitrogen and oxygen atoms in total. The highest BCUT2D eigenvalue weighted by Crippen LogP contribution is 2.22. The van der Waals surface area contributed by atoms with E-state index in [2.05, 4.69) is 27.9 Å². The average Bonchev–Trinajstić information content (AvgIpc) is 2.55. The number of rotatable bonds is 6. The molecule has 2 rings (SSSR count). The zero-order valence-corrected chi connectivity index (χ0v) is 15.6. The number of anilines is 1. The van der Waals surface area contributed by atoms with Gasteiger partial charge in [0.1, 0.15) is 11.5 Å². The molecule has 0 heterocycles. The predicted molar refractivity (Wildman–Crippen MR) is 100 cm³/mol. The smallest absolute Gasteiger partial charge is 0.265 e. The molecule has 0 unspecified atom stereocenters. The van der Waals surface area contributed by atoms with Gasteiger partial charge in [0.15, 0.2) is 6.10 Å². The van der Waals surface area contributed by atoms with Gasteiger partial charge in [0.05, 0.1) is 7.11 Å². The van der Waals surface area contributed by atoms with Crippen molar-refractivity contribution in [3.63, 3.8) is 0 Å². The summed E-state index contributed by atoms with van der Waals surface area (Å²) in [6, 6.07) is 13.2. The number of ether oxygens (including phenoxy) is 2. The molecule has 0 saturated carbocycles. The maximum absolute atomic E-state index is 12.5. The van der Waals surface area contributed by atoms with Gasteiger partial charge < -0.3 is 14.8 Å². The Morgan fingerprint density at radius 1 is 1.22 bits per heavy atom. The zero-order chi connectivity index (χ0) is 16.8. The fraction of sp³-hybridized carbons (Fsp3) is 0.278. The van der Waals surface area contributed by atoms with E-state index < -0.39 is 6.10 Å². The van der Waals surface area contributed by atoms with Crippen molar-refractivity contribution in [2.45, 2.75) is 26.4 Å². The third kappa shape index (κ3) is 4.86. The molecule has 1 atom stereocenters. The van der Waals surface area contributed by atoms with Gasteiger partial charge in [-0.15, -0.1) is 0 Å². The van der Waals surface area contributed by atoms with Gasteiger partial charge in [-0.05, 0) is 71.8 Å². The highest BCUT2D eigenvalue weighted by Gasteiger charge is 2.19. The van der Waals surface area contributed by atoms with Crippen molar-refractivity contribution in [2.75, 3.05) is 12.4 Å². The van der Waals surface area contributed by atoms with E-state index in [0.29, 0.717) is 17.9 Å². The Balaban J connectivity index is 2.08. The first-order valence-corrected chi connectivity index (χ1v) is 8.49. The minimum Gasteiger partial charge on any atom is -0.497 e. The summed E-state index contributed by atoms with van der Waals surface area (Å²) in [5.41, 5.74) is 1.84. The van der Waals surface area contributed by atoms with Crippen molar-refractivity contribution < 1.29 is 14.3 Å². The maximum atomic E-state index is 12.5. The van der Waals surface area contributed by atoms with Crippen LogP contribution >= 0.6 is 22.6 Å². The molecule has 2 aromatic carbocycles. The molecule has 0 aromatic heterocycles. The number of hydrogen-bond acceptors (Lipinski definition) is 3. The van der Waals surface area contributed by atoms with E-state index in [-0.39, 0.29) is 5.91 Å². The molecule has 0 saturated heterocycles. The van der Waals surface area contributed by atoms with Crippen LogP contribution in [0.1, 0.15) is 18.9 Å². The normalized spacial score (nSPS) is 11.7. The summed E-state index contributed by atoms with van der Waals surface area (Å²) in [4.78, 5) is 12.5. The van der Waals surface area contributed by atoms with E-state index >= 15 is 0 Å². The van der Waals surface area contributed by atoms with Crippen LogP contribution in [0.5, 0.6) is 11.5 Å². The van der Waals surface area contributed by atoms with Crippen LogP contribution in [0.2, 0.25) is 0 Å². The molecule has 23 heavy (non-hydrogen) atoms. The Kier molecular flexibility index (Phi) is 6.27. The number of halogens is 1. The monoisotopic (exact) mass is 425 g/mol. The van der Waals surface area contributed by atoms with Crippen LogP contribution < -0.4 is 14.8 Å². The molecule has 0 aliphatic rings. The number of aryl methyl sites for hydroxylation is 1. The standard InChI is InChI=1S/C18H20INO3/c1-4-17(23-15-7-5-6-14(11-15)22-3)18(21)20-16-9-8-13(19)10-12(16)2/h5-11,17H,4H2,1-3H3,(H,20,21)/t17-/m1/s1. The first kappa shape index (κ1) is 17.6. The molecule has 1 amide bonds. The molecule has 0 aliphatic carbocycles. The van der Waals surface area contributed by atoms with E-state index in [4.69, 9.17) is 9.47 Å². The molecular formula is C18H20INO3. The molecule has 1 N–H and O–H groups in total. The second kappa shape index (κ2) is 8.19. The van der Waals surface area contributed by atoms with Gasteiger partial charge in [-0.25, -0.2) is 0 Å². The highest BCUT2D eigenvalue weighted by molar-refractivity contribution is 14.1. The lowest BCUT2D eigenvalue weighted by atomic mass is 10.2. The summed E-state index contributed by atoms with van der Waals surface area (Å²) >= 11 is 2.25. The number of carbonyl (C=O) groups excluding carboxylic acids is 1. The van der Waals surface area contributed by atoms with Crippen LogP contribution in [0.15, 0.2) is 42.5 Å². The summed E-state index contributed by atoms with van der Waals surface area (Å²) in [7, 11) is 1.60. The van der Waals surface area contributed by atoms with Gasteiger partial charge >= 0.3 is 0 Å². The fourth-order valence-electron chi connectivity index (χ4n) is 2.14. The SMILES string of the molecule is CC[C@@H](Oc1cccc(OC)c1)C(=O)Nc1ccc(I)cc1C. The number of carbonyl (C=O) groups is 1. The Labute approximate surface area is 150 Å². The predicted octanol–water partition coefficient (Wildman–Crippen LogP) is 4.40. The number of benzene rings is 2. The van der Waals surface area contributed by atoms with Gasteiger partial charge in [0.25, 0.3) is 5.91 Å². The largest absolute Gasteiger partial charge is 0.497 e. The van der Waals surface area contributed by atoms with Crippen molar-refractivity contribution in [3.8, 4) is 11.5 Å². The summed E-state index contributed by atoms with van der Waals surface area (Å²) in [5.74, 6) is 1.16. The fourth-order valence-corrected chi connectivity index (χ4v) is 2.79. The Hall–Kier alpha value is -1.76. The minimum atomic E-state index is -0.555. The topological polar surface area (TPSA) is 47.6 Å². The van der Waals surface area contributed by atoms with Crippen LogP contribution in [-0.4, -0.2) is 19.1 Å². The van der Waals surface area contributed by atoms with Gasteiger partial charge in [-0.2, -0.15) is 0 Å². The van der Waals surface area contributed by atoms with Crippen LogP contribution in [0.25, 0.3) is 0 Å². The molecule has 122 valence electrons. The van der Waals surface area contributed by atoms with Gasteiger partial charge in [0.2, 0.25) is 0 Å². The minimum absolute atomic E-state index is 0.153.